The molecule has 8 heteroatoms. The number of carbonyl (C=O) groups is 1. The van der Waals surface area contributed by atoms with E-state index in [2.05, 4.69) is 5.32 Å². The second-order valence-electron chi connectivity index (χ2n) is 3.78. The third-order valence-electron chi connectivity index (χ3n) is 2.31. The second kappa shape index (κ2) is 5.89. The van der Waals surface area contributed by atoms with Crippen LogP contribution >= 0.6 is 0 Å². The van der Waals surface area contributed by atoms with Crippen LogP contribution in [0.5, 0.6) is 0 Å². The molecule has 0 bridgehead atoms. The number of aliphatic hydroxyl groups excluding tert-OH is 2. The van der Waals surface area contributed by atoms with E-state index in [0.717, 1.165) is 12.1 Å². The zero-order valence-electron chi connectivity index (χ0n) is 9.61. The maximum atomic E-state index is 12.7. The van der Waals surface area contributed by atoms with Gasteiger partial charge in [0, 0.05) is 12.2 Å². The SMILES string of the molecule is O=C(O)c1ccc(NCC(O)CO)cc1C(F)(F)F. The van der Waals surface area contributed by atoms with Crippen LogP contribution in [0.4, 0.5) is 18.9 Å². The summed E-state index contributed by atoms with van der Waals surface area (Å²) in [6, 6.07) is 2.63. The molecular formula is C11H12F3NO4. The van der Waals surface area contributed by atoms with Crippen molar-refractivity contribution in [3.05, 3.63) is 29.3 Å². The Kier molecular flexibility index (Phi) is 4.73. The summed E-state index contributed by atoms with van der Waals surface area (Å²) < 4.78 is 38.0. The number of hydrogen-bond donors (Lipinski definition) is 4. The highest BCUT2D eigenvalue weighted by Gasteiger charge is 2.35. The lowest BCUT2D eigenvalue weighted by Crippen LogP contribution is -2.23. The van der Waals surface area contributed by atoms with Crippen molar-refractivity contribution >= 4 is 11.7 Å². The van der Waals surface area contributed by atoms with Gasteiger partial charge in [0.15, 0.2) is 0 Å². The summed E-state index contributed by atoms with van der Waals surface area (Å²) in [6.07, 6.45) is -5.91. The predicted molar refractivity (Wildman–Crippen MR) is 60.0 cm³/mol. The molecule has 1 unspecified atom stereocenters. The molecule has 0 saturated carbocycles. The van der Waals surface area contributed by atoms with Gasteiger partial charge in [-0.05, 0) is 18.2 Å². The highest BCUT2D eigenvalue weighted by atomic mass is 19.4. The average Bonchev–Trinajstić information content (AvgIpc) is 2.34. The number of carboxylic acid groups (broad SMARTS) is 1. The molecule has 0 heterocycles. The van der Waals surface area contributed by atoms with Crippen molar-refractivity contribution in [2.45, 2.75) is 12.3 Å². The van der Waals surface area contributed by atoms with E-state index in [1.807, 2.05) is 0 Å². The Morgan fingerprint density at radius 2 is 2.00 bits per heavy atom. The Morgan fingerprint density at radius 1 is 1.37 bits per heavy atom. The molecule has 0 fully saturated rings. The summed E-state index contributed by atoms with van der Waals surface area (Å²) in [5.74, 6) is -1.67. The molecule has 0 saturated heterocycles. The first-order valence-corrected chi connectivity index (χ1v) is 5.23. The van der Waals surface area contributed by atoms with Crippen LogP contribution in [0.25, 0.3) is 0 Å². The van der Waals surface area contributed by atoms with Gasteiger partial charge in [0.25, 0.3) is 0 Å². The van der Waals surface area contributed by atoms with Crippen LogP contribution in [0, 0.1) is 0 Å². The molecule has 0 aliphatic carbocycles. The van der Waals surface area contributed by atoms with Crippen molar-refractivity contribution in [2.24, 2.45) is 0 Å². The maximum absolute atomic E-state index is 12.7. The van der Waals surface area contributed by atoms with Gasteiger partial charge in [0.1, 0.15) is 0 Å². The van der Waals surface area contributed by atoms with E-state index in [9.17, 15) is 18.0 Å². The molecule has 1 atom stereocenters. The van der Waals surface area contributed by atoms with Gasteiger partial charge in [0.05, 0.1) is 23.8 Å². The lowest BCUT2D eigenvalue weighted by Gasteiger charge is -2.14. The fourth-order valence-electron chi connectivity index (χ4n) is 1.38. The van der Waals surface area contributed by atoms with Crippen molar-refractivity contribution in [1.82, 2.24) is 0 Å². The van der Waals surface area contributed by atoms with E-state index in [0.29, 0.717) is 6.07 Å². The van der Waals surface area contributed by atoms with Crippen molar-refractivity contribution in [3.63, 3.8) is 0 Å². The van der Waals surface area contributed by atoms with E-state index >= 15 is 0 Å². The van der Waals surface area contributed by atoms with Crippen LogP contribution < -0.4 is 5.32 Å². The molecule has 0 radical (unpaired) electrons. The topological polar surface area (TPSA) is 89.8 Å². The summed E-state index contributed by atoms with van der Waals surface area (Å²) in [7, 11) is 0. The monoisotopic (exact) mass is 279 g/mol. The Bertz CT molecular complexity index is 462. The minimum absolute atomic E-state index is 0.00447. The summed E-state index contributed by atoms with van der Waals surface area (Å²) >= 11 is 0. The minimum Gasteiger partial charge on any atom is -0.478 e. The van der Waals surface area contributed by atoms with E-state index in [1.54, 1.807) is 0 Å². The van der Waals surface area contributed by atoms with Gasteiger partial charge >= 0.3 is 12.1 Å². The average molecular weight is 279 g/mol. The van der Waals surface area contributed by atoms with Gasteiger partial charge in [-0.25, -0.2) is 4.79 Å². The van der Waals surface area contributed by atoms with Crippen LogP contribution in [-0.2, 0) is 6.18 Å². The molecule has 0 aliphatic rings. The van der Waals surface area contributed by atoms with Gasteiger partial charge in [0.2, 0.25) is 0 Å². The smallest absolute Gasteiger partial charge is 0.417 e. The lowest BCUT2D eigenvalue weighted by molar-refractivity contribution is -0.138. The number of alkyl halides is 3. The van der Waals surface area contributed by atoms with E-state index in [-0.39, 0.29) is 12.2 Å². The molecule has 0 aliphatic heterocycles. The summed E-state index contributed by atoms with van der Waals surface area (Å²) in [6.45, 7) is -0.688. The number of hydrogen-bond acceptors (Lipinski definition) is 4. The largest absolute Gasteiger partial charge is 0.478 e. The number of carboxylic acids is 1. The number of benzene rings is 1. The third kappa shape index (κ3) is 4.11. The predicted octanol–water partition coefficient (Wildman–Crippen LogP) is 1.17. The molecule has 4 N–H and O–H groups in total. The molecule has 1 rings (SSSR count). The van der Waals surface area contributed by atoms with Crippen LogP contribution in [0.15, 0.2) is 18.2 Å². The van der Waals surface area contributed by atoms with Crippen molar-refractivity contribution in [1.29, 1.82) is 0 Å². The molecule has 5 nitrogen and oxygen atoms in total. The maximum Gasteiger partial charge on any atom is 0.417 e. The Hall–Kier alpha value is -1.80. The molecule has 19 heavy (non-hydrogen) atoms. The Morgan fingerprint density at radius 3 is 2.47 bits per heavy atom. The van der Waals surface area contributed by atoms with E-state index in [1.165, 1.54) is 0 Å². The van der Waals surface area contributed by atoms with Crippen molar-refractivity contribution in [2.75, 3.05) is 18.5 Å². The minimum atomic E-state index is -4.79. The molecule has 0 aromatic heterocycles. The fraction of sp³-hybridized carbons (Fsp3) is 0.364. The molecule has 106 valence electrons. The zero-order chi connectivity index (χ0) is 14.6. The highest BCUT2D eigenvalue weighted by Crippen LogP contribution is 2.33. The van der Waals surface area contributed by atoms with Crippen LogP contribution in [-0.4, -0.2) is 40.5 Å². The number of rotatable bonds is 5. The van der Waals surface area contributed by atoms with Gasteiger partial charge in [-0.3, -0.25) is 0 Å². The fourth-order valence-corrected chi connectivity index (χ4v) is 1.38. The van der Waals surface area contributed by atoms with E-state index in [4.69, 9.17) is 15.3 Å². The number of nitrogens with one attached hydrogen (secondary N) is 1. The quantitative estimate of drug-likeness (QED) is 0.649. The van der Waals surface area contributed by atoms with Crippen LogP contribution in [0.2, 0.25) is 0 Å². The van der Waals surface area contributed by atoms with Gasteiger partial charge in [-0.15, -0.1) is 0 Å². The van der Waals surface area contributed by atoms with Crippen LogP contribution in [0.1, 0.15) is 15.9 Å². The number of halogens is 3. The Balaban J connectivity index is 3.02. The van der Waals surface area contributed by atoms with Crippen molar-refractivity contribution < 1.29 is 33.3 Å². The molecular weight excluding hydrogens is 267 g/mol. The second-order valence-corrected chi connectivity index (χ2v) is 3.78. The van der Waals surface area contributed by atoms with E-state index < -0.39 is 36.0 Å². The third-order valence-corrected chi connectivity index (χ3v) is 2.31. The van der Waals surface area contributed by atoms with Gasteiger partial charge in [-0.2, -0.15) is 13.2 Å². The summed E-state index contributed by atoms with van der Waals surface area (Å²) in [4.78, 5) is 10.7. The molecule has 1 aromatic rings. The number of aromatic carboxylic acids is 1. The summed E-state index contributed by atoms with van der Waals surface area (Å²) in [5, 5.41) is 28.8. The normalized spacial score (nSPS) is 13.1. The first-order valence-electron chi connectivity index (χ1n) is 5.23. The summed E-state index contributed by atoms with van der Waals surface area (Å²) in [5.41, 5.74) is -2.12. The van der Waals surface area contributed by atoms with Crippen molar-refractivity contribution in [3.8, 4) is 0 Å². The highest BCUT2D eigenvalue weighted by molar-refractivity contribution is 5.90. The first-order chi connectivity index (χ1) is 8.75. The molecule has 0 spiro atoms. The Labute approximate surface area is 106 Å². The zero-order valence-corrected chi connectivity index (χ0v) is 9.61. The molecule has 1 aromatic carbocycles. The van der Waals surface area contributed by atoms with Gasteiger partial charge in [-0.1, -0.05) is 0 Å². The lowest BCUT2D eigenvalue weighted by atomic mass is 10.1. The standard InChI is InChI=1S/C11H12F3NO4/c12-11(13,14)9-3-6(15-4-7(17)5-16)1-2-8(9)10(18)19/h1-3,7,15-17H,4-5H2,(H,18,19). The van der Waals surface area contributed by atoms with Gasteiger partial charge < -0.3 is 20.6 Å². The molecule has 0 amide bonds. The first kappa shape index (κ1) is 15.3. The number of aliphatic hydroxyl groups is 2. The number of anilines is 1. The van der Waals surface area contributed by atoms with Crippen LogP contribution in [0.3, 0.4) is 0 Å².